The summed E-state index contributed by atoms with van der Waals surface area (Å²) in [6.07, 6.45) is 0. The van der Waals surface area contributed by atoms with Crippen LogP contribution in [0.2, 0.25) is 0 Å². The van der Waals surface area contributed by atoms with E-state index >= 15 is 0 Å². The Bertz CT molecular complexity index is 268. The molecule has 0 unspecified atom stereocenters. The Kier molecular flexibility index (Phi) is 3.09. The van der Waals surface area contributed by atoms with Gasteiger partial charge in [-0.05, 0) is 23.2 Å². The summed E-state index contributed by atoms with van der Waals surface area (Å²) >= 11 is 3.41. The normalized spacial score (nSPS) is 9.64. The summed E-state index contributed by atoms with van der Waals surface area (Å²) in [5.74, 6) is 0. The molecule has 1 aromatic carbocycles. The summed E-state index contributed by atoms with van der Waals surface area (Å²) in [4.78, 5) is 0. The molecule has 1 aromatic rings. The van der Waals surface area contributed by atoms with Gasteiger partial charge in [0.15, 0.2) is 8.14 Å². The summed E-state index contributed by atoms with van der Waals surface area (Å²) in [6, 6.07) is 8.30. The van der Waals surface area contributed by atoms with Crippen LogP contribution in [0, 0.1) is 6.92 Å². The van der Waals surface area contributed by atoms with Crippen LogP contribution in [0.5, 0.6) is 0 Å². The molecule has 0 aliphatic rings. The van der Waals surface area contributed by atoms with Crippen LogP contribution in [0.4, 0.5) is 0 Å². The molecule has 0 aliphatic carbocycles. The molecule has 2 radical (unpaired) electrons. The van der Waals surface area contributed by atoms with Crippen molar-refractivity contribution >= 4 is 28.6 Å². The average molecular weight is 225 g/mol. The van der Waals surface area contributed by atoms with Crippen molar-refractivity contribution in [1.29, 1.82) is 0 Å². The molecule has 0 amide bonds. The molecular weight excluding hydrogens is 216 g/mol. The van der Waals surface area contributed by atoms with Gasteiger partial charge in [0.1, 0.15) is 0 Å². The van der Waals surface area contributed by atoms with E-state index in [0.717, 1.165) is 0 Å². The lowest BCUT2D eigenvalue weighted by Crippen LogP contribution is -1.89. The van der Waals surface area contributed by atoms with Crippen molar-refractivity contribution in [3.63, 3.8) is 0 Å². The second kappa shape index (κ2) is 3.88. The first-order valence-corrected chi connectivity index (χ1v) is 6.63. The van der Waals surface area contributed by atoms with Crippen molar-refractivity contribution in [2.45, 2.75) is 6.92 Å². The quantitative estimate of drug-likeness (QED) is 0.536. The van der Waals surface area contributed by atoms with Crippen molar-refractivity contribution in [2.75, 3.05) is 0 Å². The first-order valence-electron chi connectivity index (χ1n) is 3.37. The Morgan fingerprint density at radius 2 is 2.09 bits per heavy atom. The van der Waals surface area contributed by atoms with Gasteiger partial charge in [-0.2, -0.15) is 0 Å². The summed E-state index contributed by atoms with van der Waals surface area (Å²) < 4.78 is 0. The van der Waals surface area contributed by atoms with Crippen molar-refractivity contribution in [2.24, 2.45) is 0 Å². The fraction of sp³-hybridized carbons (Fsp3) is 0.111. The van der Waals surface area contributed by atoms with E-state index < -0.39 is 0 Å². The fourth-order valence-corrected chi connectivity index (χ4v) is 1.99. The van der Waals surface area contributed by atoms with Crippen LogP contribution in [0.15, 0.2) is 30.8 Å². The number of hydrogen-bond donors (Lipinski definition) is 0. The van der Waals surface area contributed by atoms with Gasteiger partial charge in [0.2, 0.25) is 0 Å². The first kappa shape index (κ1) is 8.75. The van der Waals surface area contributed by atoms with E-state index in [4.69, 9.17) is 0 Å². The maximum Gasteiger partial charge on any atom is 0.175 e. The van der Waals surface area contributed by atoms with Gasteiger partial charge in [-0.25, -0.2) is 0 Å². The van der Waals surface area contributed by atoms with Gasteiger partial charge in [-0.1, -0.05) is 30.8 Å². The van der Waals surface area contributed by atoms with E-state index in [1.807, 2.05) is 12.1 Å². The largest absolute Gasteiger partial charge is 0.175 e. The zero-order chi connectivity index (χ0) is 8.27. The molecule has 0 atom stereocenters. The topological polar surface area (TPSA) is 0 Å². The molecule has 0 N–H and O–H groups in total. The molecule has 0 aromatic heterocycles. The zero-order valence-corrected chi connectivity index (χ0v) is 8.98. The molecule has 0 spiro atoms. The Morgan fingerprint density at radius 3 is 2.64 bits per heavy atom. The monoisotopic (exact) mass is 224 g/mol. The number of halogens is 1. The lowest BCUT2D eigenvalue weighted by atomic mass is 10.1. The highest BCUT2D eigenvalue weighted by Gasteiger charge is 1.99. The fourth-order valence-electron chi connectivity index (χ4n) is 0.962. The summed E-state index contributed by atoms with van der Waals surface area (Å²) in [5, 5.41) is 1.17. The third-order valence-electron chi connectivity index (χ3n) is 1.58. The lowest BCUT2D eigenvalue weighted by Gasteiger charge is -2.03. The molecule has 0 aliphatic heterocycles. The number of rotatable bonds is 2. The Morgan fingerprint density at radius 1 is 1.45 bits per heavy atom. The Balaban J connectivity index is 3.03. The highest BCUT2D eigenvalue weighted by Crippen LogP contribution is 2.16. The molecule has 0 nitrogen and oxygen atoms in total. The van der Waals surface area contributed by atoms with E-state index in [2.05, 4.69) is 40.9 Å². The first-order chi connectivity index (χ1) is 5.25. The van der Waals surface area contributed by atoms with Crippen LogP contribution >= 0.6 is 15.3 Å². The molecule has 2 heteroatoms. The molecule has 11 heavy (non-hydrogen) atoms. The summed E-state index contributed by atoms with van der Waals surface area (Å²) in [7, 11) is 0.623. The molecule has 0 saturated carbocycles. The second-order valence-electron chi connectivity index (χ2n) is 2.39. The predicted octanol–water partition coefficient (Wildman–Crippen LogP) is 2.98. The van der Waals surface area contributed by atoms with Crippen molar-refractivity contribution in [3.05, 3.63) is 42.0 Å². The summed E-state index contributed by atoms with van der Waals surface area (Å²) in [5.41, 5.74) is 2.56. The second-order valence-corrected chi connectivity index (χ2v) is 4.37. The van der Waals surface area contributed by atoms with E-state index in [-0.39, 0.29) is 0 Å². The van der Waals surface area contributed by atoms with Gasteiger partial charge in [0.25, 0.3) is 0 Å². The maximum atomic E-state index is 3.97. The number of aryl methyl sites for hydroxylation is 1. The molecular formula is C9H9BrSi. The minimum atomic E-state index is 0.623. The van der Waals surface area contributed by atoms with Crippen LogP contribution in [0.1, 0.15) is 11.1 Å². The van der Waals surface area contributed by atoms with Crippen molar-refractivity contribution in [1.82, 2.24) is 0 Å². The van der Waals surface area contributed by atoms with Crippen molar-refractivity contribution < 1.29 is 0 Å². The maximum absolute atomic E-state index is 3.97. The SMILES string of the molecule is C=C([Si]Br)c1ccccc1C. The van der Waals surface area contributed by atoms with Crippen LogP contribution in [-0.2, 0) is 0 Å². The van der Waals surface area contributed by atoms with E-state index in [0.29, 0.717) is 8.14 Å². The molecule has 0 fully saturated rings. The molecule has 56 valence electrons. The molecule has 1 rings (SSSR count). The Labute approximate surface area is 77.7 Å². The van der Waals surface area contributed by atoms with Crippen LogP contribution in [0.3, 0.4) is 0 Å². The minimum Gasteiger partial charge on any atom is -0.125 e. The molecule has 0 saturated heterocycles. The number of hydrogen-bond acceptors (Lipinski definition) is 0. The summed E-state index contributed by atoms with van der Waals surface area (Å²) in [6.45, 7) is 6.07. The van der Waals surface area contributed by atoms with Crippen molar-refractivity contribution in [3.8, 4) is 0 Å². The van der Waals surface area contributed by atoms with E-state index in [1.165, 1.54) is 16.3 Å². The van der Waals surface area contributed by atoms with Gasteiger partial charge in [0, 0.05) is 0 Å². The van der Waals surface area contributed by atoms with Gasteiger partial charge in [0.05, 0.1) is 0 Å². The third kappa shape index (κ3) is 2.04. The highest BCUT2D eigenvalue weighted by molar-refractivity contribution is 9.23. The predicted molar refractivity (Wildman–Crippen MR) is 54.9 cm³/mol. The van der Waals surface area contributed by atoms with Gasteiger partial charge < -0.3 is 0 Å². The minimum absolute atomic E-state index is 0.623. The number of benzene rings is 1. The van der Waals surface area contributed by atoms with Gasteiger partial charge in [-0.3, -0.25) is 0 Å². The van der Waals surface area contributed by atoms with Crippen LogP contribution < -0.4 is 0 Å². The van der Waals surface area contributed by atoms with Crippen LogP contribution in [-0.4, -0.2) is 8.14 Å². The molecule has 0 heterocycles. The van der Waals surface area contributed by atoms with Crippen LogP contribution in [0.25, 0.3) is 5.20 Å². The Hall–Kier alpha value is -0.343. The average Bonchev–Trinajstić information content (AvgIpc) is 2.04. The van der Waals surface area contributed by atoms with E-state index in [1.54, 1.807) is 0 Å². The standard InChI is InChI=1S/C9H9BrSi/c1-7-5-3-4-6-9(7)8(2)11-10/h3-6H,2H2,1H3. The third-order valence-corrected chi connectivity index (χ3v) is 3.52. The van der Waals surface area contributed by atoms with Gasteiger partial charge in [-0.15, -0.1) is 15.3 Å². The van der Waals surface area contributed by atoms with Gasteiger partial charge >= 0.3 is 0 Å². The van der Waals surface area contributed by atoms with E-state index in [9.17, 15) is 0 Å². The zero-order valence-electron chi connectivity index (χ0n) is 6.39. The smallest absolute Gasteiger partial charge is 0.125 e. The molecule has 0 bridgehead atoms. The highest BCUT2D eigenvalue weighted by atomic mass is 79.9. The lowest BCUT2D eigenvalue weighted by molar-refractivity contribution is 1.44.